The number of ether oxygens (including phenoxy) is 8. The average Bonchev–Trinajstić information content (AvgIpc) is 3.78. The molecule has 13 nitrogen and oxygen atoms in total. The molecule has 0 radical (unpaired) electrons. The Hall–Kier alpha value is -1.20. The number of allylic oxidation sites excluding steroid dienone is 2. The summed E-state index contributed by atoms with van der Waals surface area (Å²) in [6.07, 6.45) is 7.36. The zero-order valence-corrected chi connectivity index (χ0v) is 32.1. The van der Waals surface area contributed by atoms with Crippen molar-refractivity contribution >= 4 is 18.0 Å². The number of epoxide rings is 1. The highest BCUT2D eigenvalue weighted by atomic mass is 35.5. The van der Waals surface area contributed by atoms with E-state index >= 15 is 0 Å². The lowest BCUT2D eigenvalue weighted by Gasteiger charge is -2.41. The quantitative estimate of drug-likeness (QED) is 0.0900. The van der Waals surface area contributed by atoms with Crippen LogP contribution in [0.4, 0.5) is 0 Å². The van der Waals surface area contributed by atoms with Crippen LogP contribution in [0.5, 0.6) is 0 Å². The van der Waals surface area contributed by atoms with Gasteiger partial charge in [-0.2, -0.15) is 0 Å². The first-order chi connectivity index (χ1) is 23.9. The number of methoxy groups -OCH3 is 2. The fraction of sp³-hybridized carbons (Fsp3) is 0.861. The molecule has 3 heterocycles. The number of rotatable bonds is 9. The number of fused-ring (bicyclic) bond motifs is 4. The summed E-state index contributed by atoms with van der Waals surface area (Å²) >= 11 is 6.96. The van der Waals surface area contributed by atoms with Crippen molar-refractivity contribution in [3.63, 3.8) is 0 Å². The largest absolute Gasteiger partial charge is 0.380 e. The summed E-state index contributed by atoms with van der Waals surface area (Å²) in [4.78, 5) is 14.8. The molecule has 4 bridgehead atoms. The topological polar surface area (TPSA) is 133 Å². The number of aliphatic hydroxyl groups is 1. The van der Waals surface area contributed by atoms with Crippen molar-refractivity contribution in [2.75, 3.05) is 68.6 Å². The van der Waals surface area contributed by atoms with Gasteiger partial charge >= 0.3 is 0 Å². The number of nitrogens with zero attached hydrogens (tertiary/aromatic N) is 2. The van der Waals surface area contributed by atoms with Crippen molar-refractivity contribution in [2.45, 2.75) is 126 Å². The Morgan fingerprint density at radius 3 is 2.74 bits per heavy atom. The van der Waals surface area contributed by atoms with Crippen LogP contribution in [0.15, 0.2) is 23.3 Å². The third-order valence-corrected chi connectivity index (χ3v) is 11.5. The number of hydrogen-bond acceptors (Lipinski definition) is 12. The van der Waals surface area contributed by atoms with Gasteiger partial charge in [-0.3, -0.25) is 15.0 Å². The fourth-order valence-electron chi connectivity index (χ4n) is 7.46. The Bertz CT molecular complexity index is 1130. The summed E-state index contributed by atoms with van der Waals surface area (Å²) in [5, 5.41) is 15.0. The first-order valence-corrected chi connectivity index (χ1v) is 18.3. The Morgan fingerprint density at radius 2 is 2.02 bits per heavy atom. The molecule has 1 amide bonds. The van der Waals surface area contributed by atoms with Crippen LogP contribution in [-0.4, -0.2) is 149 Å². The maximum absolute atomic E-state index is 12.0. The number of hydrogen-bond donors (Lipinski definition) is 2. The molecule has 2 saturated heterocycles. The van der Waals surface area contributed by atoms with E-state index in [0.29, 0.717) is 32.8 Å². The number of carbonyl (C=O) groups is 1. The zero-order chi connectivity index (χ0) is 36.5. The summed E-state index contributed by atoms with van der Waals surface area (Å²) in [6.45, 7) is 9.53. The predicted molar refractivity (Wildman–Crippen MR) is 188 cm³/mol. The molecule has 14 heteroatoms. The van der Waals surface area contributed by atoms with Gasteiger partial charge in [-0.1, -0.05) is 30.2 Å². The summed E-state index contributed by atoms with van der Waals surface area (Å²) in [5.41, 5.74) is 0.454. The van der Waals surface area contributed by atoms with Gasteiger partial charge in [0.1, 0.15) is 31.6 Å². The Kier molecular flexibility index (Phi) is 16.0. The third kappa shape index (κ3) is 10.7. The van der Waals surface area contributed by atoms with Gasteiger partial charge in [0.25, 0.3) is 0 Å². The van der Waals surface area contributed by atoms with Gasteiger partial charge in [0.2, 0.25) is 6.41 Å². The molecule has 11 atom stereocenters. The van der Waals surface area contributed by atoms with Crippen LogP contribution in [0.1, 0.15) is 66.2 Å². The highest BCUT2D eigenvalue weighted by Crippen LogP contribution is 2.48. The third-order valence-electron chi connectivity index (χ3n) is 11.0. The standard InChI is InChI=1S/C36H62ClN3O10/c1-24-10-9-11-32(44-8)36(42)17-30(48-23-47-19-38-36)26(3)34-35(4,50-34)31(49-22-46-18-25(2)39(5)20-41)12-13-45-21-40(6)28-15-27(14-24)16-29(43-7)33(28)37/h10,15,20,25-26,28-34,38,42H,9,11-14,16-19,21-23H2,1-8H3/b24-10+. The highest BCUT2D eigenvalue weighted by Gasteiger charge is 2.62. The maximum Gasteiger partial charge on any atom is 0.209 e. The summed E-state index contributed by atoms with van der Waals surface area (Å²) in [5.74, 6) is -0.120. The molecule has 0 spiro atoms. The monoisotopic (exact) mass is 731 g/mol. The molecule has 2 N–H and O–H groups in total. The van der Waals surface area contributed by atoms with E-state index in [2.05, 4.69) is 36.2 Å². The number of likely N-dealkylation sites (N-methyl/N-ethyl adjacent to an activating group) is 2. The highest BCUT2D eigenvalue weighted by molar-refractivity contribution is 6.21. The van der Waals surface area contributed by atoms with E-state index in [9.17, 15) is 9.90 Å². The minimum absolute atomic E-state index is 0.0318. The van der Waals surface area contributed by atoms with E-state index < -0.39 is 23.5 Å². The molecule has 0 aromatic rings. The van der Waals surface area contributed by atoms with E-state index in [1.807, 2.05) is 20.9 Å². The van der Waals surface area contributed by atoms with Gasteiger partial charge in [0.05, 0.1) is 61.9 Å². The molecule has 4 rings (SSSR count). The lowest BCUT2D eigenvalue weighted by molar-refractivity contribution is -0.207. The number of alkyl halides is 1. The normalized spacial score (nSPS) is 40.0. The predicted octanol–water partition coefficient (Wildman–Crippen LogP) is 3.38. The van der Waals surface area contributed by atoms with Crippen molar-refractivity contribution in [1.29, 1.82) is 0 Å². The van der Waals surface area contributed by atoms with Crippen LogP contribution in [0, 0.1) is 5.92 Å². The van der Waals surface area contributed by atoms with Crippen LogP contribution in [0.25, 0.3) is 0 Å². The van der Waals surface area contributed by atoms with Crippen LogP contribution in [-0.2, 0) is 42.7 Å². The Balaban J connectivity index is 1.57. The van der Waals surface area contributed by atoms with E-state index in [1.165, 1.54) is 11.1 Å². The molecule has 0 aromatic heterocycles. The molecule has 0 aromatic carbocycles. The maximum atomic E-state index is 12.0. The van der Waals surface area contributed by atoms with Crippen molar-refractivity contribution in [3.05, 3.63) is 23.3 Å². The van der Waals surface area contributed by atoms with E-state index in [0.717, 1.165) is 25.7 Å². The van der Waals surface area contributed by atoms with E-state index in [1.54, 1.807) is 26.2 Å². The Labute approximate surface area is 303 Å². The zero-order valence-electron chi connectivity index (χ0n) is 31.3. The van der Waals surface area contributed by atoms with Gasteiger partial charge in [-0.15, -0.1) is 11.6 Å². The SMILES string of the molecule is COC1CC2=CC(C1Cl)N(C)COCCC(OCOCC(C)N(C)C=O)C1(C)OC1C(C)C1CC(O)(NCOCO1)C(OC)CC/C=C(\C)C2. The van der Waals surface area contributed by atoms with Gasteiger partial charge in [-0.25, -0.2) is 0 Å². The van der Waals surface area contributed by atoms with Crippen LogP contribution in [0.2, 0.25) is 0 Å². The lowest BCUT2D eigenvalue weighted by Crippen LogP contribution is -2.59. The van der Waals surface area contributed by atoms with E-state index in [4.69, 9.17) is 49.5 Å². The number of amides is 1. The van der Waals surface area contributed by atoms with Crippen molar-refractivity contribution in [1.82, 2.24) is 15.1 Å². The minimum atomic E-state index is -1.40. The van der Waals surface area contributed by atoms with Crippen molar-refractivity contribution < 1.29 is 47.8 Å². The molecular formula is C36H62ClN3O10. The number of nitrogens with one attached hydrogen (secondary N) is 1. The molecule has 0 saturated carbocycles. The second-order valence-electron chi connectivity index (χ2n) is 14.7. The fourth-order valence-corrected chi connectivity index (χ4v) is 7.91. The van der Waals surface area contributed by atoms with Crippen LogP contribution >= 0.6 is 11.6 Å². The smallest absolute Gasteiger partial charge is 0.209 e. The second-order valence-corrected chi connectivity index (χ2v) is 15.2. The molecular weight excluding hydrogens is 670 g/mol. The molecule has 288 valence electrons. The molecule has 2 fully saturated rings. The van der Waals surface area contributed by atoms with Gasteiger partial charge in [-0.05, 0) is 53.5 Å². The first-order valence-electron chi connectivity index (χ1n) is 17.9. The number of halogens is 1. The summed E-state index contributed by atoms with van der Waals surface area (Å²) < 4.78 is 48.5. The number of carbonyl (C=O) groups excluding carboxylic acids is 1. The average molecular weight is 732 g/mol. The van der Waals surface area contributed by atoms with Crippen LogP contribution in [0.3, 0.4) is 0 Å². The minimum Gasteiger partial charge on any atom is -0.380 e. The van der Waals surface area contributed by atoms with E-state index in [-0.39, 0.29) is 68.4 Å². The molecule has 50 heavy (non-hydrogen) atoms. The lowest BCUT2D eigenvalue weighted by atomic mass is 9.84. The molecule has 11 unspecified atom stereocenters. The van der Waals surface area contributed by atoms with Crippen molar-refractivity contribution in [3.8, 4) is 0 Å². The van der Waals surface area contributed by atoms with Gasteiger partial charge in [0.15, 0.2) is 0 Å². The van der Waals surface area contributed by atoms with Gasteiger partial charge in [0, 0.05) is 46.1 Å². The molecule has 4 aliphatic rings. The summed E-state index contributed by atoms with van der Waals surface area (Å²) in [6, 6.07) is -0.167. The van der Waals surface area contributed by atoms with Crippen LogP contribution < -0.4 is 5.32 Å². The van der Waals surface area contributed by atoms with Crippen molar-refractivity contribution in [2.24, 2.45) is 5.92 Å². The second kappa shape index (κ2) is 19.2. The molecule has 3 aliphatic heterocycles. The van der Waals surface area contributed by atoms with Gasteiger partial charge < -0.3 is 47.9 Å². The summed E-state index contributed by atoms with van der Waals surface area (Å²) in [7, 11) is 7.08. The first kappa shape index (κ1) is 41.6. The Morgan fingerprint density at radius 1 is 1.24 bits per heavy atom. The molecule has 1 aliphatic carbocycles.